The minimum absolute atomic E-state index is 0.0270. The zero-order chi connectivity index (χ0) is 15.2. The monoisotopic (exact) mass is 273 g/mol. The summed E-state index contributed by atoms with van der Waals surface area (Å²) in [6, 6.07) is 9.00. The predicted octanol–water partition coefficient (Wildman–Crippen LogP) is 2.86. The summed E-state index contributed by atoms with van der Waals surface area (Å²) >= 11 is 0. The van der Waals surface area contributed by atoms with Crippen LogP contribution in [-0.4, -0.2) is 30.9 Å². The van der Waals surface area contributed by atoms with Crippen molar-refractivity contribution in [1.82, 2.24) is 4.90 Å². The lowest BCUT2D eigenvalue weighted by molar-refractivity contribution is -0.116. The zero-order valence-corrected chi connectivity index (χ0v) is 12.7. The van der Waals surface area contributed by atoms with Crippen molar-refractivity contribution >= 4 is 11.6 Å². The predicted molar refractivity (Wildman–Crippen MR) is 81.4 cm³/mol. The van der Waals surface area contributed by atoms with Gasteiger partial charge in [-0.15, -0.1) is 0 Å². The van der Waals surface area contributed by atoms with Crippen molar-refractivity contribution in [1.29, 1.82) is 5.26 Å². The van der Waals surface area contributed by atoms with E-state index in [0.717, 1.165) is 13.1 Å². The van der Waals surface area contributed by atoms with Crippen molar-refractivity contribution in [3.05, 3.63) is 29.8 Å². The molecule has 0 aromatic heterocycles. The fourth-order valence-electron chi connectivity index (χ4n) is 2.07. The first-order valence-corrected chi connectivity index (χ1v) is 6.79. The Kier molecular flexibility index (Phi) is 5.72. The first-order chi connectivity index (χ1) is 9.30. The molecule has 1 rings (SSSR count). The summed E-state index contributed by atoms with van der Waals surface area (Å²) in [5.41, 5.74) is 1.45. The summed E-state index contributed by atoms with van der Waals surface area (Å²) in [7, 11) is 2.02. The van der Waals surface area contributed by atoms with Crippen LogP contribution in [0.25, 0.3) is 0 Å². The minimum atomic E-state index is -0.0270. The van der Waals surface area contributed by atoms with Gasteiger partial charge in [0.2, 0.25) is 5.91 Å². The topological polar surface area (TPSA) is 56.1 Å². The maximum atomic E-state index is 11.9. The highest BCUT2D eigenvalue weighted by molar-refractivity contribution is 5.90. The Morgan fingerprint density at radius 2 is 2.10 bits per heavy atom. The Balaban J connectivity index is 2.42. The quantitative estimate of drug-likeness (QED) is 0.897. The van der Waals surface area contributed by atoms with Gasteiger partial charge < -0.3 is 10.2 Å². The van der Waals surface area contributed by atoms with Gasteiger partial charge in [0.15, 0.2) is 0 Å². The lowest BCUT2D eigenvalue weighted by Gasteiger charge is -2.26. The number of amides is 1. The molecule has 0 aliphatic carbocycles. The molecule has 0 heterocycles. The Morgan fingerprint density at radius 3 is 2.70 bits per heavy atom. The van der Waals surface area contributed by atoms with Crippen molar-refractivity contribution in [2.45, 2.75) is 27.2 Å². The van der Waals surface area contributed by atoms with Gasteiger partial charge in [-0.25, -0.2) is 0 Å². The molecule has 0 aliphatic rings. The van der Waals surface area contributed by atoms with Crippen LogP contribution in [0.3, 0.4) is 0 Å². The third kappa shape index (κ3) is 6.35. The molecule has 0 unspecified atom stereocenters. The van der Waals surface area contributed by atoms with Crippen LogP contribution < -0.4 is 5.32 Å². The number of nitrogens with one attached hydrogen (secondary N) is 1. The molecule has 1 N–H and O–H groups in total. The summed E-state index contributed by atoms with van der Waals surface area (Å²) in [6.45, 7) is 8.20. The first kappa shape index (κ1) is 16.2. The maximum Gasteiger partial charge on any atom is 0.225 e. The van der Waals surface area contributed by atoms with Gasteiger partial charge in [0.1, 0.15) is 0 Å². The van der Waals surface area contributed by atoms with E-state index in [1.807, 2.05) is 7.05 Å². The number of carbonyl (C=O) groups is 1. The number of nitriles is 1. The van der Waals surface area contributed by atoms with E-state index in [-0.39, 0.29) is 11.3 Å². The summed E-state index contributed by atoms with van der Waals surface area (Å²) in [6.07, 6.45) is 0.448. The van der Waals surface area contributed by atoms with Gasteiger partial charge in [0.25, 0.3) is 0 Å². The molecule has 4 heteroatoms. The highest BCUT2D eigenvalue weighted by atomic mass is 16.1. The maximum absolute atomic E-state index is 11.9. The third-order valence-electron chi connectivity index (χ3n) is 2.74. The third-order valence-corrected chi connectivity index (χ3v) is 2.74. The summed E-state index contributed by atoms with van der Waals surface area (Å²) in [5, 5.41) is 11.6. The molecule has 1 aromatic rings. The Labute approximate surface area is 121 Å². The van der Waals surface area contributed by atoms with Crippen LogP contribution in [0, 0.1) is 16.7 Å². The number of hydrogen-bond acceptors (Lipinski definition) is 3. The lowest BCUT2D eigenvalue weighted by atomic mass is 9.96. The SMILES string of the molecule is CN(CCC(=O)Nc1cccc(C#N)c1)CC(C)(C)C. The van der Waals surface area contributed by atoms with Crippen LogP contribution >= 0.6 is 0 Å². The fourth-order valence-corrected chi connectivity index (χ4v) is 2.07. The van der Waals surface area contributed by atoms with E-state index in [1.54, 1.807) is 24.3 Å². The second-order valence-electron chi connectivity index (χ2n) is 6.29. The van der Waals surface area contributed by atoms with Gasteiger partial charge >= 0.3 is 0 Å². The normalized spacial score (nSPS) is 11.2. The number of rotatable bonds is 5. The van der Waals surface area contributed by atoms with Gasteiger partial charge in [0.05, 0.1) is 11.6 Å². The van der Waals surface area contributed by atoms with E-state index in [1.165, 1.54) is 0 Å². The number of nitrogens with zero attached hydrogens (tertiary/aromatic N) is 2. The molecule has 0 bridgehead atoms. The largest absolute Gasteiger partial charge is 0.326 e. The van der Waals surface area contributed by atoms with Gasteiger partial charge in [-0.2, -0.15) is 5.26 Å². The number of carbonyl (C=O) groups excluding carboxylic acids is 1. The second kappa shape index (κ2) is 7.06. The molecular weight excluding hydrogens is 250 g/mol. The first-order valence-electron chi connectivity index (χ1n) is 6.79. The number of hydrogen-bond donors (Lipinski definition) is 1. The van der Waals surface area contributed by atoms with Crippen molar-refractivity contribution < 1.29 is 4.79 Å². The van der Waals surface area contributed by atoms with E-state index >= 15 is 0 Å². The molecular formula is C16H23N3O. The molecule has 0 aliphatic heterocycles. The molecule has 0 saturated carbocycles. The molecule has 0 atom stereocenters. The van der Waals surface area contributed by atoms with Gasteiger partial charge in [-0.1, -0.05) is 26.8 Å². The number of benzene rings is 1. The molecule has 0 spiro atoms. The molecule has 108 valence electrons. The lowest BCUT2D eigenvalue weighted by Crippen LogP contribution is -2.31. The summed E-state index contributed by atoms with van der Waals surface area (Å²) in [5.74, 6) is -0.0270. The summed E-state index contributed by atoms with van der Waals surface area (Å²) in [4.78, 5) is 14.0. The Hall–Kier alpha value is -1.86. The van der Waals surface area contributed by atoms with Crippen LogP contribution in [0.5, 0.6) is 0 Å². The smallest absolute Gasteiger partial charge is 0.225 e. The molecule has 0 saturated heterocycles. The van der Waals surface area contributed by atoms with Crippen molar-refractivity contribution in [2.75, 3.05) is 25.5 Å². The molecule has 0 radical (unpaired) electrons. The van der Waals surface area contributed by atoms with Crippen molar-refractivity contribution in [3.8, 4) is 6.07 Å². The van der Waals surface area contributed by atoms with Crippen LogP contribution in [0.2, 0.25) is 0 Å². The molecule has 1 aromatic carbocycles. The summed E-state index contributed by atoms with van der Waals surface area (Å²) < 4.78 is 0. The minimum Gasteiger partial charge on any atom is -0.326 e. The molecule has 4 nitrogen and oxygen atoms in total. The molecule has 20 heavy (non-hydrogen) atoms. The highest BCUT2D eigenvalue weighted by Gasteiger charge is 2.14. The van der Waals surface area contributed by atoms with Gasteiger partial charge in [0, 0.05) is 25.2 Å². The van der Waals surface area contributed by atoms with E-state index in [9.17, 15) is 4.79 Å². The number of anilines is 1. The standard InChI is InChI=1S/C16H23N3O/c1-16(2,3)12-19(4)9-8-15(20)18-14-7-5-6-13(10-14)11-17/h5-7,10H,8-9,12H2,1-4H3,(H,18,20). The Bertz CT molecular complexity index is 497. The van der Waals surface area contributed by atoms with E-state index in [4.69, 9.17) is 5.26 Å². The van der Waals surface area contributed by atoms with Crippen LogP contribution in [-0.2, 0) is 4.79 Å². The van der Waals surface area contributed by atoms with E-state index < -0.39 is 0 Å². The van der Waals surface area contributed by atoms with Crippen LogP contribution in [0.15, 0.2) is 24.3 Å². The Morgan fingerprint density at radius 1 is 1.40 bits per heavy atom. The fraction of sp³-hybridized carbons (Fsp3) is 0.500. The van der Waals surface area contributed by atoms with Crippen molar-refractivity contribution in [3.63, 3.8) is 0 Å². The average Bonchev–Trinajstić information content (AvgIpc) is 2.34. The van der Waals surface area contributed by atoms with E-state index in [2.05, 4.69) is 37.1 Å². The van der Waals surface area contributed by atoms with Crippen LogP contribution in [0.1, 0.15) is 32.8 Å². The van der Waals surface area contributed by atoms with E-state index in [0.29, 0.717) is 17.7 Å². The van der Waals surface area contributed by atoms with Crippen molar-refractivity contribution in [2.24, 2.45) is 5.41 Å². The molecule has 0 fully saturated rings. The van der Waals surface area contributed by atoms with Gasteiger partial charge in [-0.3, -0.25) is 4.79 Å². The zero-order valence-electron chi connectivity index (χ0n) is 12.7. The molecule has 1 amide bonds. The van der Waals surface area contributed by atoms with Gasteiger partial charge in [-0.05, 0) is 30.7 Å². The highest BCUT2D eigenvalue weighted by Crippen LogP contribution is 2.14. The van der Waals surface area contributed by atoms with Crippen LogP contribution in [0.4, 0.5) is 5.69 Å². The second-order valence-corrected chi connectivity index (χ2v) is 6.29. The average molecular weight is 273 g/mol.